The van der Waals surface area contributed by atoms with Crippen molar-refractivity contribution < 1.29 is 0 Å². The van der Waals surface area contributed by atoms with E-state index in [2.05, 4.69) is 50.0 Å². The summed E-state index contributed by atoms with van der Waals surface area (Å²) < 4.78 is 0. The second kappa shape index (κ2) is 7.62. The third-order valence-electron chi connectivity index (χ3n) is 5.13. The van der Waals surface area contributed by atoms with Gasteiger partial charge in [-0.1, -0.05) is 43.6 Å². The summed E-state index contributed by atoms with van der Waals surface area (Å²) in [6, 6.07) is 9.84. The molecule has 4 unspecified atom stereocenters. The Kier molecular flexibility index (Phi) is 6.09. The summed E-state index contributed by atoms with van der Waals surface area (Å²) in [4.78, 5) is 2.61. The van der Waals surface area contributed by atoms with Gasteiger partial charge in [-0.25, -0.2) is 0 Å². The minimum Gasteiger partial charge on any atom is -0.314 e. The lowest BCUT2D eigenvalue weighted by molar-refractivity contribution is 0.0525. The van der Waals surface area contributed by atoms with E-state index in [1.807, 2.05) is 12.1 Å². The highest BCUT2D eigenvalue weighted by atomic mass is 35.5. The summed E-state index contributed by atoms with van der Waals surface area (Å²) in [5.41, 5.74) is 1.25. The molecule has 0 amide bonds. The highest BCUT2D eigenvalue weighted by Gasteiger charge is 2.34. The van der Waals surface area contributed by atoms with Crippen LogP contribution < -0.4 is 5.32 Å². The van der Waals surface area contributed by atoms with Crippen molar-refractivity contribution in [3.05, 3.63) is 34.9 Å². The molecule has 0 bridgehead atoms. The fraction of sp³-hybridized carbons (Fsp3) is 0.667. The van der Waals surface area contributed by atoms with E-state index in [4.69, 9.17) is 11.6 Å². The highest BCUT2D eigenvalue weighted by molar-refractivity contribution is 6.31. The smallest absolute Gasteiger partial charge is 0.0453 e. The van der Waals surface area contributed by atoms with Crippen LogP contribution in [-0.2, 0) is 0 Å². The Balaban J connectivity index is 2.07. The second-order valence-corrected chi connectivity index (χ2v) is 6.79. The van der Waals surface area contributed by atoms with Gasteiger partial charge in [0.1, 0.15) is 0 Å². The van der Waals surface area contributed by atoms with E-state index in [-0.39, 0.29) is 0 Å². The van der Waals surface area contributed by atoms with Gasteiger partial charge < -0.3 is 5.32 Å². The number of nitrogens with one attached hydrogen (secondary N) is 1. The van der Waals surface area contributed by atoms with E-state index in [0.717, 1.165) is 18.1 Å². The average molecular weight is 309 g/mol. The van der Waals surface area contributed by atoms with Crippen LogP contribution in [0.3, 0.4) is 0 Å². The number of likely N-dealkylation sites (tertiary alicyclic amines) is 1. The molecule has 1 aromatic rings. The topological polar surface area (TPSA) is 15.3 Å². The third kappa shape index (κ3) is 3.80. The molecule has 118 valence electrons. The molecule has 0 aromatic heterocycles. The lowest BCUT2D eigenvalue weighted by Gasteiger charge is -2.46. The maximum absolute atomic E-state index is 6.38. The van der Waals surface area contributed by atoms with Gasteiger partial charge in [-0.3, -0.25) is 4.90 Å². The molecule has 21 heavy (non-hydrogen) atoms. The minimum atomic E-state index is 0.378. The largest absolute Gasteiger partial charge is 0.314 e. The van der Waals surface area contributed by atoms with Crippen LogP contribution >= 0.6 is 11.6 Å². The van der Waals surface area contributed by atoms with Crippen LogP contribution in [-0.4, -0.2) is 30.1 Å². The van der Waals surface area contributed by atoms with Crippen LogP contribution in [0.4, 0.5) is 0 Å². The molecule has 0 radical (unpaired) electrons. The van der Waals surface area contributed by atoms with E-state index in [9.17, 15) is 0 Å². The SMILES string of the molecule is CCCNC1CCN(C(C)c2ccccc2Cl)C(C)C1C. The van der Waals surface area contributed by atoms with Crippen molar-refractivity contribution >= 4 is 11.6 Å². The van der Waals surface area contributed by atoms with E-state index in [1.54, 1.807) is 0 Å². The predicted molar refractivity (Wildman–Crippen MR) is 91.9 cm³/mol. The standard InChI is InChI=1S/C18H29ClN2/c1-5-11-20-18-10-12-21(14(3)13(18)2)15(4)16-8-6-7-9-17(16)19/h6-9,13-15,18,20H,5,10-12H2,1-4H3. The van der Waals surface area contributed by atoms with Crippen LogP contribution in [0.25, 0.3) is 0 Å². The quantitative estimate of drug-likeness (QED) is 0.861. The van der Waals surface area contributed by atoms with Crippen molar-refractivity contribution in [1.82, 2.24) is 10.2 Å². The van der Waals surface area contributed by atoms with Crippen LogP contribution in [0.1, 0.15) is 52.1 Å². The van der Waals surface area contributed by atoms with Crippen LogP contribution in [0.5, 0.6) is 0 Å². The molecule has 1 heterocycles. The first kappa shape index (κ1) is 16.8. The van der Waals surface area contributed by atoms with Crippen LogP contribution in [0.2, 0.25) is 5.02 Å². The molecule has 0 saturated carbocycles. The van der Waals surface area contributed by atoms with Crippen molar-refractivity contribution in [3.8, 4) is 0 Å². The molecular weight excluding hydrogens is 280 g/mol. The molecule has 2 nitrogen and oxygen atoms in total. The molecule has 1 aliphatic heterocycles. The fourth-order valence-electron chi connectivity index (χ4n) is 3.55. The van der Waals surface area contributed by atoms with Crippen molar-refractivity contribution in [1.29, 1.82) is 0 Å². The van der Waals surface area contributed by atoms with Gasteiger partial charge in [-0.15, -0.1) is 0 Å². The number of benzene rings is 1. The normalized spacial score (nSPS) is 28.5. The summed E-state index contributed by atoms with van der Waals surface area (Å²) in [7, 11) is 0. The third-order valence-corrected chi connectivity index (χ3v) is 5.47. The molecule has 2 rings (SSSR count). The predicted octanol–water partition coefficient (Wildman–Crippen LogP) is 4.50. The Hall–Kier alpha value is -0.570. The zero-order chi connectivity index (χ0) is 15.4. The van der Waals surface area contributed by atoms with Gasteiger partial charge in [-0.05, 0) is 50.8 Å². The lowest BCUT2D eigenvalue weighted by atomic mass is 9.85. The van der Waals surface area contributed by atoms with Crippen molar-refractivity contribution in [2.75, 3.05) is 13.1 Å². The fourth-order valence-corrected chi connectivity index (χ4v) is 3.84. The van der Waals surface area contributed by atoms with Crippen LogP contribution in [0.15, 0.2) is 24.3 Å². The highest BCUT2D eigenvalue weighted by Crippen LogP contribution is 2.34. The van der Waals surface area contributed by atoms with Crippen molar-refractivity contribution in [2.45, 2.75) is 58.7 Å². The molecular formula is C18H29ClN2. The molecule has 1 fully saturated rings. The Morgan fingerprint density at radius 1 is 1.33 bits per heavy atom. The first-order chi connectivity index (χ1) is 10.1. The summed E-state index contributed by atoms with van der Waals surface area (Å²) in [5, 5.41) is 4.59. The number of nitrogens with zero attached hydrogens (tertiary/aromatic N) is 1. The van der Waals surface area contributed by atoms with E-state index in [1.165, 1.54) is 18.4 Å². The summed E-state index contributed by atoms with van der Waals surface area (Å²) >= 11 is 6.38. The first-order valence-corrected chi connectivity index (χ1v) is 8.67. The van der Waals surface area contributed by atoms with E-state index >= 15 is 0 Å². The first-order valence-electron chi connectivity index (χ1n) is 8.29. The molecule has 1 saturated heterocycles. The monoisotopic (exact) mass is 308 g/mol. The van der Waals surface area contributed by atoms with Gasteiger partial charge in [-0.2, -0.15) is 0 Å². The second-order valence-electron chi connectivity index (χ2n) is 6.38. The van der Waals surface area contributed by atoms with Crippen molar-refractivity contribution in [2.24, 2.45) is 5.92 Å². The van der Waals surface area contributed by atoms with E-state index in [0.29, 0.717) is 24.0 Å². The molecule has 3 heteroatoms. The van der Waals surface area contributed by atoms with Gasteiger partial charge in [0, 0.05) is 29.7 Å². The number of hydrogen-bond donors (Lipinski definition) is 1. The molecule has 0 spiro atoms. The molecule has 4 atom stereocenters. The Bertz CT molecular complexity index is 449. The van der Waals surface area contributed by atoms with Gasteiger partial charge >= 0.3 is 0 Å². The number of rotatable bonds is 5. The van der Waals surface area contributed by atoms with Gasteiger partial charge in [0.2, 0.25) is 0 Å². The van der Waals surface area contributed by atoms with Gasteiger partial charge in [0.15, 0.2) is 0 Å². The molecule has 0 aliphatic carbocycles. The van der Waals surface area contributed by atoms with Crippen molar-refractivity contribution in [3.63, 3.8) is 0 Å². The number of halogens is 1. The Morgan fingerprint density at radius 3 is 2.71 bits per heavy atom. The zero-order valence-corrected chi connectivity index (χ0v) is 14.5. The van der Waals surface area contributed by atoms with E-state index < -0.39 is 0 Å². The molecule has 1 aromatic carbocycles. The summed E-state index contributed by atoms with van der Waals surface area (Å²) in [6.45, 7) is 11.5. The Labute approximate surface area is 134 Å². The maximum Gasteiger partial charge on any atom is 0.0453 e. The summed E-state index contributed by atoms with van der Waals surface area (Å²) in [6.07, 6.45) is 2.43. The zero-order valence-electron chi connectivity index (χ0n) is 13.8. The minimum absolute atomic E-state index is 0.378. The van der Waals surface area contributed by atoms with Gasteiger partial charge in [0.25, 0.3) is 0 Å². The van der Waals surface area contributed by atoms with Crippen LogP contribution in [0, 0.1) is 5.92 Å². The lowest BCUT2D eigenvalue weighted by Crippen LogP contribution is -2.54. The molecule has 1 aliphatic rings. The number of piperidine rings is 1. The number of hydrogen-bond acceptors (Lipinski definition) is 2. The average Bonchev–Trinajstić information content (AvgIpc) is 2.49. The Morgan fingerprint density at radius 2 is 2.05 bits per heavy atom. The molecule has 1 N–H and O–H groups in total. The van der Waals surface area contributed by atoms with Gasteiger partial charge in [0.05, 0.1) is 0 Å². The maximum atomic E-state index is 6.38. The summed E-state index contributed by atoms with van der Waals surface area (Å²) in [5.74, 6) is 0.662.